The van der Waals surface area contributed by atoms with Gasteiger partial charge in [-0.1, -0.05) is 6.42 Å². The van der Waals surface area contributed by atoms with E-state index in [1.165, 1.54) is 40.5 Å². The van der Waals surface area contributed by atoms with Crippen LogP contribution in [0.25, 0.3) is 0 Å². The van der Waals surface area contributed by atoms with Crippen LogP contribution < -0.4 is 5.32 Å². The number of hydrogen-bond donors (Lipinski definition) is 1. The van der Waals surface area contributed by atoms with E-state index in [1.54, 1.807) is 13.0 Å². The third-order valence-electron chi connectivity index (χ3n) is 5.40. The number of rotatable bonds is 6. The smallest absolute Gasteiger partial charge is 0.390 e. The van der Waals surface area contributed by atoms with Crippen LogP contribution in [0.2, 0.25) is 0 Å². The third kappa shape index (κ3) is 4.44. The molecule has 168 valence electrons. The van der Waals surface area contributed by atoms with Crippen molar-refractivity contribution < 1.29 is 19.2 Å². The van der Waals surface area contributed by atoms with Gasteiger partial charge >= 0.3 is 11.8 Å². The molecule has 0 bridgehead atoms. The fourth-order valence-electron chi connectivity index (χ4n) is 3.81. The number of amides is 1. The molecule has 3 heterocycles. The Hall–Kier alpha value is -3.05. The van der Waals surface area contributed by atoms with Crippen molar-refractivity contribution in [2.24, 2.45) is 0 Å². The number of aromatic nitrogens is 2. The van der Waals surface area contributed by atoms with E-state index in [0.29, 0.717) is 27.7 Å². The van der Waals surface area contributed by atoms with Crippen molar-refractivity contribution in [2.45, 2.75) is 45.6 Å². The summed E-state index contributed by atoms with van der Waals surface area (Å²) in [5, 5.41) is 20.2. The van der Waals surface area contributed by atoms with Crippen LogP contribution in [-0.4, -0.2) is 33.7 Å². The lowest BCUT2D eigenvalue weighted by Gasteiger charge is -2.06. The number of thiophene rings is 2. The van der Waals surface area contributed by atoms with Gasteiger partial charge in [-0.05, 0) is 60.1 Å². The summed E-state index contributed by atoms with van der Waals surface area (Å²) in [5.41, 5.74) is 2.95. The molecule has 0 aromatic carbocycles. The fraction of sp³-hybridized carbons (Fsp3) is 0.381. The number of hydrogen-bond acceptors (Lipinski definition) is 8. The van der Waals surface area contributed by atoms with Crippen LogP contribution in [0, 0.1) is 17.0 Å². The Bertz CT molecular complexity index is 1190. The van der Waals surface area contributed by atoms with Gasteiger partial charge in [0.1, 0.15) is 5.00 Å². The van der Waals surface area contributed by atoms with Gasteiger partial charge in [-0.3, -0.25) is 4.79 Å². The standard InChI is InChI=1S/C21H22N4O5S2/c1-12-8-17(25(28)29)23-24(12)10-13-9-16(31-11-13)19(26)22-20-18(21(27)30-2)14-6-4-3-5-7-15(14)32-20/h8-9,11H,3-7,10H2,1-2H3,(H,22,26). The Labute approximate surface area is 192 Å². The molecule has 0 fully saturated rings. The van der Waals surface area contributed by atoms with E-state index in [4.69, 9.17) is 4.74 Å². The summed E-state index contributed by atoms with van der Waals surface area (Å²) < 4.78 is 6.53. The molecule has 0 aliphatic heterocycles. The maximum atomic E-state index is 12.9. The normalized spacial score (nSPS) is 13.3. The highest BCUT2D eigenvalue weighted by molar-refractivity contribution is 7.17. The van der Waals surface area contributed by atoms with Gasteiger partial charge in [-0.2, -0.15) is 4.68 Å². The first-order chi connectivity index (χ1) is 15.4. The number of fused-ring (bicyclic) bond motifs is 1. The summed E-state index contributed by atoms with van der Waals surface area (Å²) >= 11 is 2.73. The molecule has 9 nitrogen and oxygen atoms in total. The second-order valence-electron chi connectivity index (χ2n) is 7.59. The van der Waals surface area contributed by atoms with E-state index in [1.807, 2.05) is 5.38 Å². The zero-order valence-corrected chi connectivity index (χ0v) is 19.3. The summed E-state index contributed by atoms with van der Waals surface area (Å²) in [5.74, 6) is -0.934. The Morgan fingerprint density at radius 2 is 2.06 bits per heavy atom. The first kappa shape index (κ1) is 22.2. The van der Waals surface area contributed by atoms with Crippen molar-refractivity contribution in [3.05, 3.63) is 59.8 Å². The average molecular weight is 475 g/mol. The first-order valence-electron chi connectivity index (χ1n) is 10.2. The second kappa shape index (κ2) is 9.21. The monoisotopic (exact) mass is 474 g/mol. The molecule has 32 heavy (non-hydrogen) atoms. The van der Waals surface area contributed by atoms with E-state index in [9.17, 15) is 19.7 Å². The Kier molecular flexibility index (Phi) is 6.38. The van der Waals surface area contributed by atoms with Crippen LogP contribution in [-0.2, 0) is 24.1 Å². The van der Waals surface area contributed by atoms with Gasteiger partial charge in [-0.25, -0.2) is 4.79 Å². The van der Waals surface area contributed by atoms with E-state index >= 15 is 0 Å². The van der Waals surface area contributed by atoms with Crippen molar-refractivity contribution in [3.8, 4) is 0 Å². The molecule has 1 amide bonds. The molecule has 0 spiro atoms. The van der Waals surface area contributed by atoms with Crippen LogP contribution in [0.5, 0.6) is 0 Å². The van der Waals surface area contributed by atoms with Gasteiger partial charge < -0.3 is 20.2 Å². The van der Waals surface area contributed by atoms with Gasteiger partial charge in [-0.15, -0.1) is 22.7 Å². The number of methoxy groups -OCH3 is 1. The van der Waals surface area contributed by atoms with E-state index in [-0.39, 0.29) is 11.7 Å². The number of nitro groups is 1. The highest BCUT2D eigenvalue weighted by atomic mass is 32.1. The molecule has 1 N–H and O–H groups in total. The molecule has 0 atom stereocenters. The lowest BCUT2D eigenvalue weighted by atomic mass is 10.1. The molecule has 3 aromatic rings. The molecule has 11 heteroatoms. The van der Waals surface area contributed by atoms with Crippen LogP contribution in [0.15, 0.2) is 17.5 Å². The minimum Gasteiger partial charge on any atom is -0.465 e. The highest BCUT2D eigenvalue weighted by Crippen LogP contribution is 2.38. The van der Waals surface area contributed by atoms with Crippen molar-refractivity contribution >= 4 is 45.4 Å². The number of anilines is 1. The summed E-state index contributed by atoms with van der Waals surface area (Å²) in [4.78, 5) is 37.4. The Morgan fingerprint density at radius 1 is 1.28 bits per heavy atom. The SMILES string of the molecule is COC(=O)c1c(NC(=O)c2cc(Cn3nc([N+](=O)[O-])cc3C)cs2)sc2c1CCCCC2. The molecule has 4 rings (SSSR count). The highest BCUT2D eigenvalue weighted by Gasteiger charge is 2.27. The molecule has 0 radical (unpaired) electrons. The molecular formula is C21H22N4O5S2. The number of carbonyl (C=O) groups excluding carboxylic acids is 2. The minimum absolute atomic E-state index is 0.205. The molecule has 0 unspecified atom stereocenters. The number of ether oxygens (including phenoxy) is 1. The van der Waals surface area contributed by atoms with Crippen LogP contribution in [0.4, 0.5) is 10.8 Å². The minimum atomic E-state index is -0.530. The number of nitrogens with zero attached hydrogens (tertiary/aromatic N) is 3. The van der Waals surface area contributed by atoms with E-state index < -0.39 is 10.9 Å². The maximum absolute atomic E-state index is 12.9. The van der Waals surface area contributed by atoms with Crippen LogP contribution >= 0.6 is 22.7 Å². The molecule has 3 aromatic heterocycles. The number of aryl methyl sites for hydroxylation is 2. The summed E-state index contributed by atoms with van der Waals surface area (Å²) in [6, 6.07) is 3.15. The molecule has 1 aliphatic carbocycles. The Morgan fingerprint density at radius 3 is 2.78 bits per heavy atom. The second-order valence-corrected chi connectivity index (χ2v) is 9.61. The zero-order valence-electron chi connectivity index (χ0n) is 17.7. The third-order valence-corrected chi connectivity index (χ3v) is 7.59. The van der Waals surface area contributed by atoms with Crippen molar-refractivity contribution in [3.63, 3.8) is 0 Å². The largest absolute Gasteiger partial charge is 0.465 e. The topological polar surface area (TPSA) is 116 Å². The van der Waals surface area contributed by atoms with Crippen molar-refractivity contribution in [1.29, 1.82) is 0 Å². The summed E-state index contributed by atoms with van der Waals surface area (Å²) in [6.45, 7) is 2.07. The van der Waals surface area contributed by atoms with E-state index in [0.717, 1.165) is 48.1 Å². The van der Waals surface area contributed by atoms with Crippen LogP contribution in [0.3, 0.4) is 0 Å². The number of esters is 1. The number of carbonyl (C=O) groups is 2. The van der Waals surface area contributed by atoms with Gasteiger partial charge in [0.25, 0.3) is 5.91 Å². The first-order valence-corrected chi connectivity index (χ1v) is 11.9. The zero-order chi connectivity index (χ0) is 22.8. The predicted molar refractivity (Wildman–Crippen MR) is 122 cm³/mol. The summed E-state index contributed by atoms with van der Waals surface area (Å²) in [6.07, 6.45) is 4.92. The summed E-state index contributed by atoms with van der Waals surface area (Å²) in [7, 11) is 1.35. The molecule has 0 saturated heterocycles. The quantitative estimate of drug-likeness (QED) is 0.242. The average Bonchev–Trinajstić information content (AvgIpc) is 3.42. The molecular weight excluding hydrogens is 452 g/mol. The van der Waals surface area contributed by atoms with Gasteiger partial charge in [0.15, 0.2) is 0 Å². The number of nitrogens with one attached hydrogen (secondary N) is 1. The lowest BCUT2D eigenvalue weighted by molar-refractivity contribution is -0.389. The van der Waals surface area contributed by atoms with E-state index in [2.05, 4.69) is 10.4 Å². The maximum Gasteiger partial charge on any atom is 0.390 e. The van der Waals surface area contributed by atoms with Crippen LogP contribution in [0.1, 0.15) is 61.0 Å². The predicted octanol–water partition coefficient (Wildman–Crippen LogP) is 4.58. The van der Waals surface area contributed by atoms with Crippen molar-refractivity contribution in [2.75, 3.05) is 12.4 Å². The fourth-order valence-corrected chi connectivity index (χ4v) is 5.88. The van der Waals surface area contributed by atoms with Gasteiger partial charge in [0.05, 0.1) is 41.0 Å². The molecule has 0 saturated carbocycles. The Balaban J connectivity index is 1.54. The molecule has 1 aliphatic rings. The van der Waals surface area contributed by atoms with Gasteiger partial charge in [0, 0.05) is 4.88 Å². The van der Waals surface area contributed by atoms with Crippen molar-refractivity contribution in [1.82, 2.24) is 9.78 Å². The van der Waals surface area contributed by atoms with Gasteiger partial charge in [0.2, 0.25) is 0 Å². The lowest BCUT2D eigenvalue weighted by Crippen LogP contribution is -2.13.